The lowest BCUT2D eigenvalue weighted by Gasteiger charge is -2.23. The SMILES string of the molecule is CC(C)(CCCCN1CCC(O)C1)C(N)=NO. The number of aliphatic hydroxyl groups is 1. The van der Waals surface area contributed by atoms with Crippen LogP contribution in [0.2, 0.25) is 0 Å². The lowest BCUT2D eigenvalue weighted by Crippen LogP contribution is -2.32. The summed E-state index contributed by atoms with van der Waals surface area (Å²) in [5.74, 6) is 0.300. The van der Waals surface area contributed by atoms with Crippen molar-refractivity contribution in [1.29, 1.82) is 0 Å². The molecule has 1 heterocycles. The molecule has 1 saturated heterocycles. The molecule has 1 rings (SSSR count). The summed E-state index contributed by atoms with van der Waals surface area (Å²) in [4.78, 5) is 2.29. The average Bonchev–Trinajstić information content (AvgIpc) is 2.69. The van der Waals surface area contributed by atoms with E-state index in [1.807, 2.05) is 13.8 Å². The molecule has 17 heavy (non-hydrogen) atoms. The molecular weight excluding hydrogens is 218 g/mol. The first-order valence-electron chi connectivity index (χ1n) is 6.34. The molecule has 5 heteroatoms. The van der Waals surface area contributed by atoms with E-state index in [0.717, 1.165) is 45.3 Å². The Labute approximate surface area is 103 Å². The summed E-state index contributed by atoms with van der Waals surface area (Å²) < 4.78 is 0. The molecule has 5 nitrogen and oxygen atoms in total. The smallest absolute Gasteiger partial charge is 0.144 e. The number of aliphatic hydroxyl groups excluding tert-OH is 1. The van der Waals surface area contributed by atoms with Crippen LogP contribution >= 0.6 is 0 Å². The Morgan fingerprint density at radius 2 is 2.18 bits per heavy atom. The Balaban J connectivity index is 2.16. The van der Waals surface area contributed by atoms with Gasteiger partial charge in [-0.3, -0.25) is 0 Å². The molecule has 0 saturated carbocycles. The summed E-state index contributed by atoms with van der Waals surface area (Å²) in [6.45, 7) is 6.82. The zero-order valence-corrected chi connectivity index (χ0v) is 10.9. The van der Waals surface area contributed by atoms with E-state index in [4.69, 9.17) is 10.9 Å². The van der Waals surface area contributed by atoms with Crippen molar-refractivity contribution in [3.05, 3.63) is 0 Å². The highest BCUT2D eigenvalue weighted by Crippen LogP contribution is 2.23. The molecule has 0 bridgehead atoms. The minimum Gasteiger partial charge on any atom is -0.409 e. The van der Waals surface area contributed by atoms with Crippen molar-refractivity contribution in [2.75, 3.05) is 19.6 Å². The third-order valence-corrected chi connectivity index (χ3v) is 3.57. The quantitative estimate of drug-likeness (QED) is 0.214. The van der Waals surface area contributed by atoms with Gasteiger partial charge in [-0.2, -0.15) is 0 Å². The molecule has 4 N–H and O–H groups in total. The Morgan fingerprint density at radius 3 is 2.71 bits per heavy atom. The number of nitrogens with two attached hydrogens (primary N) is 1. The fourth-order valence-corrected chi connectivity index (χ4v) is 2.18. The predicted molar refractivity (Wildman–Crippen MR) is 68.1 cm³/mol. The number of nitrogens with zero attached hydrogens (tertiary/aromatic N) is 2. The topological polar surface area (TPSA) is 82.1 Å². The minimum atomic E-state index is -0.237. The van der Waals surface area contributed by atoms with Crippen LogP contribution in [0, 0.1) is 5.41 Å². The summed E-state index contributed by atoms with van der Waals surface area (Å²) in [6.07, 6.45) is 3.82. The molecule has 1 aliphatic rings. The Morgan fingerprint density at radius 1 is 1.47 bits per heavy atom. The van der Waals surface area contributed by atoms with Gasteiger partial charge in [0.25, 0.3) is 0 Å². The van der Waals surface area contributed by atoms with E-state index in [9.17, 15) is 5.11 Å². The van der Waals surface area contributed by atoms with Gasteiger partial charge in [-0.15, -0.1) is 0 Å². The van der Waals surface area contributed by atoms with Crippen LogP contribution in [0.5, 0.6) is 0 Å². The van der Waals surface area contributed by atoms with Gasteiger partial charge in [-0.1, -0.05) is 25.4 Å². The Kier molecular flexibility index (Phi) is 5.21. The monoisotopic (exact) mass is 243 g/mol. The standard InChI is InChI=1S/C12H25N3O2/c1-12(2,11(13)14-17)6-3-4-7-15-8-5-10(16)9-15/h10,16-17H,3-9H2,1-2H3,(H2,13,14). The van der Waals surface area contributed by atoms with Crippen LogP contribution in [0.1, 0.15) is 39.5 Å². The molecule has 1 fully saturated rings. The molecule has 0 aliphatic carbocycles. The van der Waals surface area contributed by atoms with Gasteiger partial charge in [0.15, 0.2) is 0 Å². The molecule has 1 atom stereocenters. The first kappa shape index (κ1) is 14.3. The van der Waals surface area contributed by atoms with Gasteiger partial charge >= 0.3 is 0 Å². The molecule has 0 radical (unpaired) electrons. The fraction of sp³-hybridized carbons (Fsp3) is 0.917. The molecule has 0 aromatic carbocycles. The van der Waals surface area contributed by atoms with Crippen molar-refractivity contribution >= 4 is 5.84 Å². The van der Waals surface area contributed by atoms with E-state index in [1.54, 1.807) is 0 Å². The summed E-state index contributed by atoms with van der Waals surface area (Å²) in [6, 6.07) is 0. The van der Waals surface area contributed by atoms with Crippen molar-refractivity contribution in [1.82, 2.24) is 4.90 Å². The number of hydrogen-bond acceptors (Lipinski definition) is 4. The highest BCUT2D eigenvalue weighted by atomic mass is 16.4. The molecule has 1 aliphatic heterocycles. The normalized spacial score (nSPS) is 23.2. The van der Waals surface area contributed by atoms with Crippen LogP contribution in [0.25, 0.3) is 0 Å². The molecule has 100 valence electrons. The van der Waals surface area contributed by atoms with Gasteiger partial charge in [-0.25, -0.2) is 0 Å². The average molecular weight is 243 g/mol. The maximum atomic E-state index is 9.39. The summed E-state index contributed by atoms with van der Waals surface area (Å²) >= 11 is 0. The molecular formula is C12H25N3O2. The largest absolute Gasteiger partial charge is 0.409 e. The molecule has 0 aromatic rings. The third kappa shape index (κ3) is 4.52. The van der Waals surface area contributed by atoms with E-state index in [2.05, 4.69) is 10.1 Å². The molecule has 1 unspecified atom stereocenters. The lowest BCUT2D eigenvalue weighted by atomic mass is 9.86. The third-order valence-electron chi connectivity index (χ3n) is 3.57. The van der Waals surface area contributed by atoms with Gasteiger partial charge < -0.3 is 20.9 Å². The second kappa shape index (κ2) is 6.21. The molecule has 0 aromatic heterocycles. The second-order valence-electron chi connectivity index (χ2n) is 5.57. The first-order chi connectivity index (χ1) is 7.95. The number of hydrogen-bond donors (Lipinski definition) is 3. The highest BCUT2D eigenvalue weighted by Gasteiger charge is 2.23. The zero-order chi connectivity index (χ0) is 12.9. The van der Waals surface area contributed by atoms with E-state index in [-0.39, 0.29) is 11.5 Å². The minimum absolute atomic E-state index is 0.136. The van der Waals surface area contributed by atoms with Crippen molar-refractivity contribution < 1.29 is 10.3 Å². The zero-order valence-electron chi connectivity index (χ0n) is 10.9. The Bertz CT molecular complexity index is 266. The van der Waals surface area contributed by atoms with E-state index < -0.39 is 0 Å². The van der Waals surface area contributed by atoms with Gasteiger partial charge in [0.2, 0.25) is 0 Å². The van der Waals surface area contributed by atoms with Crippen LogP contribution in [0.3, 0.4) is 0 Å². The van der Waals surface area contributed by atoms with Crippen molar-refractivity contribution in [2.45, 2.75) is 45.6 Å². The first-order valence-corrected chi connectivity index (χ1v) is 6.34. The lowest BCUT2D eigenvalue weighted by molar-refractivity contribution is 0.175. The molecule has 0 spiro atoms. The van der Waals surface area contributed by atoms with E-state index in [0.29, 0.717) is 5.84 Å². The van der Waals surface area contributed by atoms with E-state index in [1.165, 1.54) is 0 Å². The van der Waals surface area contributed by atoms with Gasteiger partial charge in [0.1, 0.15) is 5.84 Å². The number of β-amino-alcohol motifs (C(OH)–C–C–N with tert-alkyl or cyclic N) is 1. The van der Waals surface area contributed by atoms with Crippen molar-refractivity contribution in [2.24, 2.45) is 16.3 Å². The van der Waals surface area contributed by atoms with E-state index >= 15 is 0 Å². The second-order valence-corrected chi connectivity index (χ2v) is 5.57. The van der Waals surface area contributed by atoms with Crippen LogP contribution in [0.4, 0.5) is 0 Å². The van der Waals surface area contributed by atoms with Crippen molar-refractivity contribution in [3.63, 3.8) is 0 Å². The van der Waals surface area contributed by atoms with Crippen LogP contribution in [-0.4, -0.2) is 46.8 Å². The number of rotatable bonds is 6. The summed E-state index contributed by atoms with van der Waals surface area (Å²) in [5, 5.41) is 21.1. The number of unbranched alkanes of at least 4 members (excludes halogenated alkanes) is 1. The summed E-state index contributed by atoms with van der Waals surface area (Å²) in [5.41, 5.74) is 5.39. The van der Waals surface area contributed by atoms with Gasteiger partial charge in [-0.05, 0) is 25.8 Å². The van der Waals surface area contributed by atoms with Gasteiger partial charge in [0, 0.05) is 18.5 Å². The predicted octanol–water partition coefficient (Wildman–Crippen LogP) is 0.996. The van der Waals surface area contributed by atoms with Gasteiger partial charge in [0.05, 0.1) is 6.10 Å². The van der Waals surface area contributed by atoms with Crippen LogP contribution in [0.15, 0.2) is 5.16 Å². The maximum Gasteiger partial charge on any atom is 0.144 e. The maximum absolute atomic E-state index is 9.39. The number of oxime groups is 1. The highest BCUT2D eigenvalue weighted by molar-refractivity contribution is 5.85. The number of likely N-dealkylation sites (tertiary alicyclic amines) is 1. The van der Waals surface area contributed by atoms with Crippen LogP contribution < -0.4 is 5.73 Å². The van der Waals surface area contributed by atoms with Crippen LogP contribution in [-0.2, 0) is 0 Å². The Hall–Kier alpha value is -0.810. The molecule has 0 amide bonds. The van der Waals surface area contributed by atoms with Crippen molar-refractivity contribution in [3.8, 4) is 0 Å². The fourth-order valence-electron chi connectivity index (χ4n) is 2.18. The summed E-state index contributed by atoms with van der Waals surface area (Å²) in [7, 11) is 0. The number of amidine groups is 1.